The van der Waals surface area contributed by atoms with Gasteiger partial charge in [0, 0.05) is 5.54 Å². The first-order valence-corrected chi connectivity index (χ1v) is 6.49. The third-order valence-corrected chi connectivity index (χ3v) is 3.46. The van der Waals surface area contributed by atoms with Crippen molar-refractivity contribution in [3.05, 3.63) is 35.4 Å². The molecule has 0 aliphatic carbocycles. The van der Waals surface area contributed by atoms with E-state index < -0.39 is 0 Å². The Hall–Kier alpha value is -0.900. The van der Waals surface area contributed by atoms with Crippen LogP contribution in [0.15, 0.2) is 24.3 Å². The summed E-state index contributed by atoms with van der Waals surface area (Å²) in [6.45, 7) is 6.42. The van der Waals surface area contributed by atoms with E-state index in [2.05, 4.69) is 57.1 Å². The summed E-state index contributed by atoms with van der Waals surface area (Å²) in [5, 5.41) is 0. The van der Waals surface area contributed by atoms with Gasteiger partial charge in [-0.2, -0.15) is 0 Å². The summed E-state index contributed by atoms with van der Waals surface area (Å²) in [7, 11) is 4.15. The van der Waals surface area contributed by atoms with Crippen LogP contribution in [0.25, 0.3) is 0 Å². The van der Waals surface area contributed by atoms with Gasteiger partial charge < -0.3 is 15.4 Å². The van der Waals surface area contributed by atoms with Crippen LogP contribution in [0.1, 0.15) is 25.0 Å². The van der Waals surface area contributed by atoms with E-state index in [0.29, 0.717) is 13.2 Å². The van der Waals surface area contributed by atoms with Crippen molar-refractivity contribution < 1.29 is 4.74 Å². The molecule has 0 heterocycles. The molecular formula is C15H26N2O. The van der Waals surface area contributed by atoms with Crippen molar-refractivity contribution in [3.63, 3.8) is 0 Å². The number of likely N-dealkylation sites (N-methyl/N-ethyl adjacent to an activating group) is 1. The first kappa shape index (κ1) is 15.2. The van der Waals surface area contributed by atoms with Gasteiger partial charge in [0.25, 0.3) is 0 Å². The minimum atomic E-state index is 0.0583. The number of ether oxygens (including phenoxy) is 1. The monoisotopic (exact) mass is 250 g/mol. The third kappa shape index (κ3) is 4.41. The van der Waals surface area contributed by atoms with Crippen molar-refractivity contribution in [2.75, 3.05) is 27.2 Å². The number of rotatable bonds is 7. The van der Waals surface area contributed by atoms with E-state index in [1.165, 1.54) is 11.1 Å². The van der Waals surface area contributed by atoms with Gasteiger partial charge in [-0.25, -0.2) is 0 Å². The SMILES string of the molecule is CN(C)C(C)(C)COCc1ccccc1CCN. The van der Waals surface area contributed by atoms with Crippen molar-refractivity contribution in [2.24, 2.45) is 5.73 Å². The van der Waals surface area contributed by atoms with Gasteiger partial charge >= 0.3 is 0 Å². The van der Waals surface area contributed by atoms with Crippen molar-refractivity contribution in [1.29, 1.82) is 0 Å². The third-order valence-electron chi connectivity index (χ3n) is 3.46. The van der Waals surface area contributed by atoms with Crippen LogP contribution in [0.2, 0.25) is 0 Å². The average Bonchev–Trinajstić information content (AvgIpc) is 2.31. The van der Waals surface area contributed by atoms with Gasteiger partial charge in [-0.15, -0.1) is 0 Å². The highest BCUT2D eigenvalue weighted by atomic mass is 16.5. The summed E-state index contributed by atoms with van der Waals surface area (Å²) >= 11 is 0. The van der Waals surface area contributed by atoms with Crippen molar-refractivity contribution in [3.8, 4) is 0 Å². The fourth-order valence-corrected chi connectivity index (χ4v) is 1.64. The molecule has 102 valence electrons. The lowest BCUT2D eigenvalue weighted by molar-refractivity contribution is 0.0272. The Morgan fingerprint density at radius 3 is 2.33 bits per heavy atom. The smallest absolute Gasteiger partial charge is 0.0720 e. The predicted molar refractivity (Wildman–Crippen MR) is 76.6 cm³/mol. The zero-order chi connectivity index (χ0) is 13.6. The fourth-order valence-electron chi connectivity index (χ4n) is 1.64. The highest BCUT2D eigenvalue weighted by molar-refractivity contribution is 5.26. The largest absolute Gasteiger partial charge is 0.375 e. The molecule has 0 unspecified atom stereocenters. The second-order valence-electron chi connectivity index (χ2n) is 5.51. The molecule has 0 atom stereocenters. The molecule has 1 rings (SSSR count). The Bertz CT molecular complexity index is 361. The maximum atomic E-state index is 5.85. The van der Waals surface area contributed by atoms with E-state index >= 15 is 0 Å². The summed E-state index contributed by atoms with van der Waals surface area (Å²) in [5.41, 5.74) is 8.22. The van der Waals surface area contributed by atoms with E-state index in [1.807, 2.05) is 0 Å². The van der Waals surface area contributed by atoms with E-state index in [-0.39, 0.29) is 5.54 Å². The van der Waals surface area contributed by atoms with Crippen LogP contribution < -0.4 is 5.73 Å². The van der Waals surface area contributed by atoms with Gasteiger partial charge in [-0.3, -0.25) is 0 Å². The normalized spacial score (nSPS) is 12.1. The quantitative estimate of drug-likeness (QED) is 0.805. The summed E-state index contributed by atoms with van der Waals surface area (Å²) in [6, 6.07) is 8.35. The fraction of sp³-hybridized carbons (Fsp3) is 0.600. The number of hydrogen-bond acceptors (Lipinski definition) is 3. The highest BCUT2D eigenvalue weighted by Crippen LogP contribution is 2.14. The number of nitrogens with two attached hydrogens (primary N) is 1. The van der Waals surface area contributed by atoms with Crippen molar-refractivity contribution in [1.82, 2.24) is 4.90 Å². The lowest BCUT2D eigenvalue weighted by Gasteiger charge is -2.32. The van der Waals surface area contributed by atoms with Crippen LogP contribution >= 0.6 is 0 Å². The second-order valence-corrected chi connectivity index (χ2v) is 5.51. The summed E-state index contributed by atoms with van der Waals surface area (Å²) < 4.78 is 5.85. The predicted octanol–water partition coefficient (Wildman–Crippen LogP) is 2.04. The second kappa shape index (κ2) is 6.88. The Morgan fingerprint density at radius 2 is 1.78 bits per heavy atom. The van der Waals surface area contributed by atoms with Gasteiger partial charge in [0.15, 0.2) is 0 Å². The zero-order valence-electron chi connectivity index (χ0n) is 12.1. The zero-order valence-corrected chi connectivity index (χ0v) is 12.1. The summed E-state index contributed by atoms with van der Waals surface area (Å²) in [4.78, 5) is 2.18. The first-order valence-electron chi connectivity index (χ1n) is 6.49. The number of hydrogen-bond donors (Lipinski definition) is 1. The molecule has 2 N–H and O–H groups in total. The van der Waals surface area contributed by atoms with Gasteiger partial charge in [0.05, 0.1) is 13.2 Å². The average molecular weight is 250 g/mol. The summed E-state index contributed by atoms with van der Waals surface area (Å²) in [6.07, 6.45) is 0.913. The van der Waals surface area contributed by atoms with Crippen LogP contribution in [0.4, 0.5) is 0 Å². The van der Waals surface area contributed by atoms with Crippen LogP contribution in [-0.2, 0) is 17.8 Å². The van der Waals surface area contributed by atoms with Gasteiger partial charge in [0.1, 0.15) is 0 Å². The van der Waals surface area contributed by atoms with E-state index in [4.69, 9.17) is 10.5 Å². The van der Waals surface area contributed by atoms with Gasteiger partial charge in [-0.05, 0) is 52.0 Å². The Kier molecular flexibility index (Phi) is 5.79. The van der Waals surface area contributed by atoms with E-state index in [1.54, 1.807) is 0 Å². The summed E-state index contributed by atoms with van der Waals surface area (Å²) in [5.74, 6) is 0. The van der Waals surface area contributed by atoms with Crippen LogP contribution in [-0.4, -0.2) is 37.7 Å². The molecule has 0 aliphatic rings. The standard InChI is InChI=1S/C15H26N2O/c1-15(2,17(3)4)12-18-11-14-8-6-5-7-13(14)9-10-16/h5-8H,9-12,16H2,1-4H3. The molecule has 3 heteroatoms. The first-order chi connectivity index (χ1) is 8.47. The van der Waals surface area contributed by atoms with Crippen LogP contribution in [0.5, 0.6) is 0 Å². The maximum absolute atomic E-state index is 5.85. The molecular weight excluding hydrogens is 224 g/mol. The molecule has 18 heavy (non-hydrogen) atoms. The van der Waals surface area contributed by atoms with Gasteiger partial charge in [0.2, 0.25) is 0 Å². The number of benzene rings is 1. The molecule has 0 amide bonds. The van der Waals surface area contributed by atoms with Gasteiger partial charge in [-0.1, -0.05) is 24.3 Å². The molecule has 0 spiro atoms. The van der Waals surface area contributed by atoms with Crippen LogP contribution in [0, 0.1) is 0 Å². The molecule has 0 bridgehead atoms. The number of nitrogens with zero attached hydrogens (tertiary/aromatic N) is 1. The lowest BCUT2D eigenvalue weighted by Crippen LogP contribution is -2.42. The van der Waals surface area contributed by atoms with Crippen LogP contribution in [0.3, 0.4) is 0 Å². The molecule has 1 aromatic rings. The topological polar surface area (TPSA) is 38.5 Å². The molecule has 0 aliphatic heterocycles. The highest BCUT2D eigenvalue weighted by Gasteiger charge is 2.20. The lowest BCUT2D eigenvalue weighted by atomic mass is 10.0. The minimum Gasteiger partial charge on any atom is -0.375 e. The molecule has 1 aromatic carbocycles. The minimum absolute atomic E-state index is 0.0583. The maximum Gasteiger partial charge on any atom is 0.0720 e. The van der Waals surface area contributed by atoms with Crippen molar-refractivity contribution in [2.45, 2.75) is 32.4 Å². The molecule has 0 saturated carbocycles. The van der Waals surface area contributed by atoms with E-state index in [9.17, 15) is 0 Å². The molecule has 0 saturated heterocycles. The Labute approximate surface area is 111 Å². The molecule has 0 radical (unpaired) electrons. The van der Waals surface area contributed by atoms with E-state index in [0.717, 1.165) is 13.0 Å². The Morgan fingerprint density at radius 1 is 1.17 bits per heavy atom. The Balaban J connectivity index is 2.53. The molecule has 0 fully saturated rings. The molecule has 3 nitrogen and oxygen atoms in total. The molecule has 0 aromatic heterocycles. The van der Waals surface area contributed by atoms with Crippen molar-refractivity contribution >= 4 is 0 Å².